The number of hydrogen-bond donors (Lipinski definition) is 2. The van der Waals surface area contributed by atoms with E-state index in [1.54, 1.807) is 4.68 Å². The van der Waals surface area contributed by atoms with Crippen molar-refractivity contribution in [3.05, 3.63) is 40.9 Å². The Kier molecular flexibility index (Phi) is 3.69. The summed E-state index contributed by atoms with van der Waals surface area (Å²) in [5.41, 5.74) is 2.15. The Morgan fingerprint density at radius 3 is 2.84 bits per heavy atom. The van der Waals surface area contributed by atoms with Gasteiger partial charge in [0.15, 0.2) is 23.1 Å². The zero-order chi connectivity index (χ0) is 17.6. The van der Waals surface area contributed by atoms with Gasteiger partial charge in [-0.15, -0.1) is 0 Å². The smallest absolute Gasteiger partial charge is 0.226 e. The van der Waals surface area contributed by atoms with Crippen LogP contribution in [-0.4, -0.2) is 38.9 Å². The van der Waals surface area contributed by atoms with Crippen LogP contribution in [0.4, 0.5) is 5.95 Å². The van der Waals surface area contributed by atoms with E-state index in [0.29, 0.717) is 42.1 Å². The minimum Gasteiger partial charge on any atom is -0.486 e. The van der Waals surface area contributed by atoms with E-state index in [1.165, 1.54) is 6.92 Å². The molecule has 0 amide bonds. The van der Waals surface area contributed by atoms with E-state index in [9.17, 15) is 9.90 Å². The van der Waals surface area contributed by atoms with Crippen LogP contribution in [0.25, 0.3) is 0 Å². The molecule has 1 aromatic heterocycles. The molecule has 0 fully saturated rings. The third-order valence-electron chi connectivity index (χ3n) is 4.30. The van der Waals surface area contributed by atoms with Crippen molar-refractivity contribution in [3.8, 4) is 11.5 Å². The van der Waals surface area contributed by atoms with E-state index in [4.69, 9.17) is 9.47 Å². The molecular formula is C17H18N4O4. The molecule has 130 valence electrons. The number of aliphatic hydroxyl groups is 1. The van der Waals surface area contributed by atoms with Gasteiger partial charge >= 0.3 is 0 Å². The number of carbonyl (C=O) groups excluding carboxylic acids is 1. The fourth-order valence-electron chi connectivity index (χ4n) is 3.26. The number of hydrogen-bond acceptors (Lipinski definition) is 7. The number of aromatic nitrogens is 3. The van der Waals surface area contributed by atoms with E-state index in [2.05, 4.69) is 15.4 Å². The first-order valence-corrected chi connectivity index (χ1v) is 8.03. The Labute approximate surface area is 144 Å². The predicted molar refractivity (Wildman–Crippen MR) is 88.5 cm³/mol. The molecule has 0 bridgehead atoms. The van der Waals surface area contributed by atoms with Gasteiger partial charge in [0.1, 0.15) is 25.9 Å². The number of benzene rings is 1. The Bertz CT molecular complexity index is 887. The number of carbonyl (C=O) groups is 1. The number of nitrogens with zero attached hydrogens (tertiary/aromatic N) is 3. The molecule has 2 N–H and O–H groups in total. The van der Waals surface area contributed by atoms with Gasteiger partial charge < -0.3 is 19.9 Å². The van der Waals surface area contributed by atoms with Crippen LogP contribution < -0.4 is 14.8 Å². The van der Waals surface area contributed by atoms with Crippen molar-refractivity contribution < 1.29 is 19.4 Å². The zero-order valence-electron chi connectivity index (χ0n) is 13.9. The Morgan fingerprint density at radius 1 is 1.36 bits per heavy atom. The Balaban J connectivity index is 1.87. The molecule has 1 unspecified atom stereocenters. The van der Waals surface area contributed by atoms with Crippen molar-refractivity contribution in [1.29, 1.82) is 0 Å². The van der Waals surface area contributed by atoms with Crippen LogP contribution in [0.5, 0.6) is 11.5 Å². The first-order valence-electron chi connectivity index (χ1n) is 8.03. The van der Waals surface area contributed by atoms with Crippen molar-refractivity contribution in [2.45, 2.75) is 26.5 Å². The highest BCUT2D eigenvalue weighted by molar-refractivity contribution is 5.96. The molecule has 2 aliphatic heterocycles. The number of Topliss-reactive ketones (excluding diaryl/α,β-unsaturated/α-hetero) is 1. The predicted octanol–water partition coefficient (Wildman–Crippen LogP) is 1.42. The van der Waals surface area contributed by atoms with Gasteiger partial charge in [0.05, 0.1) is 0 Å². The Hall–Kier alpha value is -2.87. The number of nitrogens with one attached hydrogen (secondary N) is 1. The van der Waals surface area contributed by atoms with Gasteiger partial charge in [0, 0.05) is 11.3 Å². The summed E-state index contributed by atoms with van der Waals surface area (Å²) in [6.45, 7) is 4.09. The fourth-order valence-corrected chi connectivity index (χ4v) is 3.26. The lowest BCUT2D eigenvalue weighted by atomic mass is 9.93. The summed E-state index contributed by atoms with van der Waals surface area (Å²) in [5, 5.41) is 16.8. The largest absolute Gasteiger partial charge is 0.486 e. The van der Waals surface area contributed by atoms with Crippen molar-refractivity contribution in [2.24, 2.45) is 0 Å². The van der Waals surface area contributed by atoms with Gasteiger partial charge in [-0.2, -0.15) is 10.1 Å². The molecule has 0 radical (unpaired) electrons. The molecule has 0 spiro atoms. The second kappa shape index (κ2) is 5.89. The summed E-state index contributed by atoms with van der Waals surface area (Å²) in [6, 6.07) is 5.15. The van der Waals surface area contributed by atoms with E-state index >= 15 is 0 Å². The van der Waals surface area contributed by atoms with Gasteiger partial charge in [-0.25, -0.2) is 4.68 Å². The monoisotopic (exact) mass is 342 g/mol. The van der Waals surface area contributed by atoms with Crippen LogP contribution in [0.1, 0.15) is 31.3 Å². The van der Waals surface area contributed by atoms with Crippen LogP contribution in [0.2, 0.25) is 0 Å². The first kappa shape index (κ1) is 15.6. The van der Waals surface area contributed by atoms with Crippen molar-refractivity contribution in [2.75, 3.05) is 18.5 Å². The van der Waals surface area contributed by atoms with Gasteiger partial charge in [0.25, 0.3) is 0 Å². The van der Waals surface area contributed by atoms with Crippen LogP contribution >= 0.6 is 0 Å². The minimum atomic E-state index is -0.447. The lowest BCUT2D eigenvalue weighted by Gasteiger charge is -2.29. The van der Waals surface area contributed by atoms with Gasteiger partial charge in [-0.1, -0.05) is 6.07 Å². The molecule has 8 heteroatoms. The number of ketones is 1. The van der Waals surface area contributed by atoms with Crippen LogP contribution in [0.15, 0.2) is 29.5 Å². The van der Waals surface area contributed by atoms with E-state index < -0.39 is 6.04 Å². The maximum Gasteiger partial charge on any atom is 0.226 e. The summed E-state index contributed by atoms with van der Waals surface area (Å²) in [5.74, 6) is 2.06. The summed E-state index contributed by atoms with van der Waals surface area (Å²) < 4.78 is 12.9. The second-order valence-corrected chi connectivity index (χ2v) is 5.98. The normalized spacial score (nSPS) is 18.6. The summed E-state index contributed by atoms with van der Waals surface area (Å²) in [4.78, 5) is 16.6. The highest BCUT2D eigenvalue weighted by Gasteiger charge is 2.33. The molecular weight excluding hydrogens is 324 g/mol. The number of fused-ring (bicyclic) bond motifs is 2. The van der Waals surface area contributed by atoms with Crippen molar-refractivity contribution >= 4 is 11.7 Å². The summed E-state index contributed by atoms with van der Waals surface area (Å²) in [7, 11) is 0. The minimum absolute atomic E-state index is 0.0587. The van der Waals surface area contributed by atoms with Gasteiger partial charge in [-0.05, 0) is 31.5 Å². The average Bonchev–Trinajstić information content (AvgIpc) is 3.02. The van der Waals surface area contributed by atoms with E-state index in [1.807, 2.05) is 25.1 Å². The average molecular weight is 342 g/mol. The van der Waals surface area contributed by atoms with E-state index in [0.717, 1.165) is 11.3 Å². The third kappa shape index (κ3) is 2.54. The molecule has 3 heterocycles. The molecule has 8 nitrogen and oxygen atoms in total. The lowest BCUT2D eigenvalue weighted by Crippen LogP contribution is -2.28. The molecule has 2 aromatic rings. The number of anilines is 1. The molecule has 25 heavy (non-hydrogen) atoms. The molecule has 0 aliphatic carbocycles. The fraction of sp³-hybridized carbons (Fsp3) is 0.353. The summed E-state index contributed by atoms with van der Waals surface area (Å²) >= 11 is 0. The Morgan fingerprint density at radius 2 is 2.12 bits per heavy atom. The van der Waals surface area contributed by atoms with Gasteiger partial charge in [-0.3, -0.25) is 4.79 Å². The standard InChI is InChI=1S/C17H18N4O4/c1-9-15(10(2)23)16(21-17(18-9)19-14(8-22)20-21)11-3-4-12-13(7-11)25-6-5-24-12/h3-4,7,16,22H,5-6,8H2,1-2H3,(H,18,19,20). The number of allylic oxidation sites excluding steroid dienone is 2. The van der Waals surface area contributed by atoms with Crippen LogP contribution in [0, 0.1) is 0 Å². The quantitative estimate of drug-likeness (QED) is 0.870. The van der Waals surface area contributed by atoms with Crippen molar-refractivity contribution in [3.63, 3.8) is 0 Å². The zero-order valence-corrected chi connectivity index (χ0v) is 13.9. The highest BCUT2D eigenvalue weighted by Crippen LogP contribution is 2.39. The molecule has 0 saturated carbocycles. The van der Waals surface area contributed by atoms with Crippen molar-refractivity contribution in [1.82, 2.24) is 14.8 Å². The second-order valence-electron chi connectivity index (χ2n) is 5.98. The molecule has 4 rings (SSSR count). The van der Waals surface area contributed by atoms with Crippen LogP contribution in [-0.2, 0) is 11.4 Å². The number of aliphatic hydroxyl groups excluding tert-OH is 1. The molecule has 2 aliphatic rings. The number of ether oxygens (including phenoxy) is 2. The van der Waals surface area contributed by atoms with Crippen LogP contribution in [0.3, 0.4) is 0 Å². The SMILES string of the molecule is CC(=O)C1=C(C)Nc2nc(CO)nn2C1c1ccc2c(c1)OCCO2. The van der Waals surface area contributed by atoms with Gasteiger partial charge in [0.2, 0.25) is 5.95 Å². The van der Waals surface area contributed by atoms with E-state index in [-0.39, 0.29) is 12.4 Å². The lowest BCUT2D eigenvalue weighted by molar-refractivity contribution is -0.114. The highest BCUT2D eigenvalue weighted by atomic mass is 16.6. The third-order valence-corrected chi connectivity index (χ3v) is 4.30. The summed E-state index contributed by atoms with van der Waals surface area (Å²) in [6.07, 6.45) is 0. The topological polar surface area (TPSA) is 98.5 Å². The molecule has 0 saturated heterocycles. The maximum absolute atomic E-state index is 12.3. The maximum atomic E-state index is 12.3. The molecule has 1 atom stereocenters. The number of rotatable bonds is 3. The molecule has 1 aromatic carbocycles. The first-order chi connectivity index (χ1) is 12.1.